The molecule has 1 fully saturated rings. The summed E-state index contributed by atoms with van der Waals surface area (Å²) in [5.41, 5.74) is 4.42. The molecule has 0 unspecified atom stereocenters. The lowest BCUT2D eigenvalue weighted by Gasteiger charge is -2.14. The Bertz CT molecular complexity index is 958. The highest BCUT2D eigenvalue weighted by molar-refractivity contribution is 7.12. The van der Waals surface area contributed by atoms with Crippen LogP contribution < -0.4 is 4.74 Å². The normalized spacial score (nSPS) is 14.8. The highest BCUT2D eigenvalue weighted by atomic mass is 32.1. The van der Waals surface area contributed by atoms with Crippen LogP contribution in [0.2, 0.25) is 0 Å². The highest BCUT2D eigenvalue weighted by Gasteiger charge is 2.49. The van der Waals surface area contributed by atoms with Crippen LogP contribution >= 0.6 is 11.3 Å². The number of hydrogen-bond donors (Lipinski definition) is 0. The average Bonchev–Trinajstić information content (AvgIpc) is 3.38. The number of aryl methyl sites for hydroxylation is 1. The van der Waals surface area contributed by atoms with E-state index in [9.17, 15) is 0 Å². The molecule has 25 heavy (non-hydrogen) atoms. The summed E-state index contributed by atoms with van der Waals surface area (Å²) >= 11 is 1.79. The van der Waals surface area contributed by atoms with E-state index in [4.69, 9.17) is 16.1 Å². The maximum Gasteiger partial charge on any atom is 0.118 e. The number of ether oxygens (including phenoxy) is 1. The summed E-state index contributed by atoms with van der Waals surface area (Å²) in [5.74, 6) is 3.70. The number of methoxy groups -OCH3 is 1. The van der Waals surface area contributed by atoms with E-state index < -0.39 is 0 Å². The lowest BCUT2D eigenvalue weighted by atomic mass is 9.92. The van der Waals surface area contributed by atoms with Gasteiger partial charge in [-0.3, -0.25) is 0 Å². The van der Waals surface area contributed by atoms with Crippen LogP contribution in [0, 0.1) is 19.3 Å². The molecule has 3 aromatic rings. The summed E-state index contributed by atoms with van der Waals surface area (Å²) in [6.45, 7) is 2.14. The molecule has 1 heterocycles. The van der Waals surface area contributed by atoms with Crippen LogP contribution in [-0.4, -0.2) is 12.1 Å². The lowest BCUT2D eigenvalue weighted by Crippen LogP contribution is -2.10. The second-order valence-corrected chi connectivity index (χ2v) is 7.63. The minimum atomic E-state index is 0.00309. The minimum Gasteiger partial charge on any atom is -0.497 e. The second kappa shape index (κ2) is 6.06. The Kier molecular flexibility index (Phi) is 3.86. The number of nitrogens with zero attached hydrogens (tertiary/aromatic N) is 1. The molecule has 0 radical (unpaired) electrons. The second-order valence-electron chi connectivity index (χ2n) is 6.42. The van der Waals surface area contributed by atoms with Gasteiger partial charge in [0.15, 0.2) is 0 Å². The number of benzene rings is 2. The summed E-state index contributed by atoms with van der Waals surface area (Å²) in [5, 5.41) is 1.18. The number of terminal acetylenes is 1. The number of hydrogen-bond acceptors (Lipinski definition) is 3. The van der Waals surface area contributed by atoms with Crippen LogP contribution in [0.5, 0.6) is 5.75 Å². The Hall–Kier alpha value is -2.57. The van der Waals surface area contributed by atoms with Crippen LogP contribution in [0.1, 0.15) is 33.9 Å². The Morgan fingerprint density at radius 3 is 2.48 bits per heavy atom. The molecule has 2 nitrogen and oxygen atoms in total. The molecular formula is C22H19NOS. The number of thiazole rings is 1. The third kappa shape index (κ3) is 2.63. The van der Waals surface area contributed by atoms with Gasteiger partial charge in [0.25, 0.3) is 0 Å². The van der Waals surface area contributed by atoms with Gasteiger partial charge in [0.05, 0.1) is 12.8 Å². The summed E-state index contributed by atoms with van der Waals surface area (Å²) in [7, 11) is 1.68. The zero-order valence-electron chi connectivity index (χ0n) is 14.4. The smallest absolute Gasteiger partial charge is 0.118 e. The minimum absolute atomic E-state index is 0.00309. The summed E-state index contributed by atoms with van der Waals surface area (Å²) in [6.07, 6.45) is 7.95. The van der Waals surface area contributed by atoms with Crippen molar-refractivity contribution in [3.05, 3.63) is 69.5 Å². The van der Waals surface area contributed by atoms with E-state index in [2.05, 4.69) is 37.1 Å². The molecule has 0 spiro atoms. The molecule has 124 valence electrons. The van der Waals surface area contributed by atoms with Crippen LogP contribution in [0.3, 0.4) is 0 Å². The van der Waals surface area contributed by atoms with E-state index in [0.717, 1.165) is 35.4 Å². The van der Waals surface area contributed by atoms with Crippen LogP contribution in [0.4, 0.5) is 0 Å². The van der Waals surface area contributed by atoms with Crippen LogP contribution in [0.15, 0.2) is 48.5 Å². The topological polar surface area (TPSA) is 22.1 Å². The van der Waals surface area contributed by atoms with Crippen molar-refractivity contribution in [1.29, 1.82) is 0 Å². The van der Waals surface area contributed by atoms with Gasteiger partial charge in [-0.2, -0.15) is 0 Å². The van der Waals surface area contributed by atoms with Gasteiger partial charge < -0.3 is 4.74 Å². The zero-order valence-corrected chi connectivity index (χ0v) is 15.2. The largest absolute Gasteiger partial charge is 0.497 e. The molecule has 0 atom stereocenters. The van der Waals surface area contributed by atoms with E-state index in [0.29, 0.717) is 0 Å². The first-order valence-corrected chi connectivity index (χ1v) is 9.18. The standard InChI is InChI=1S/C22H19NOS/c1-4-16-7-5-6-8-19(16)22(13-14-22)21-23-20(15(2)25-21)17-9-11-18(24-3)12-10-17/h1,5-12H,13-14H2,2-3H3. The van der Waals surface area contributed by atoms with Crippen molar-refractivity contribution in [3.8, 4) is 29.4 Å². The zero-order chi connectivity index (χ0) is 17.4. The monoisotopic (exact) mass is 345 g/mol. The van der Waals surface area contributed by atoms with E-state index >= 15 is 0 Å². The van der Waals surface area contributed by atoms with E-state index in [1.807, 2.05) is 24.3 Å². The molecule has 1 aliphatic carbocycles. The molecule has 2 aromatic carbocycles. The van der Waals surface area contributed by atoms with Gasteiger partial charge >= 0.3 is 0 Å². The van der Waals surface area contributed by atoms with Gasteiger partial charge in [0.2, 0.25) is 0 Å². The van der Waals surface area contributed by atoms with Crippen LogP contribution in [-0.2, 0) is 5.41 Å². The maximum atomic E-state index is 5.73. The van der Waals surface area contributed by atoms with Gasteiger partial charge in [-0.05, 0) is 55.7 Å². The Labute approximate surface area is 152 Å². The molecule has 1 aromatic heterocycles. The molecular weight excluding hydrogens is 326 g/mol. The van der Waals surface area contributed by atoms with Crippen molar-refractivity contribution in [2.75, 3.05) is 7.11 Å². The van der Waals surface area contributed by atoms with Gasteiger partial charge in [0, 0.05) is 21.4 Å². The third-order valence-corrected chi connectivity index (χ3v) is 6.09. The van der Waals surface area contributed by atoms with Crippen LogP contribution in [0.25, 0.3) is 11.3 Å². The maximum absolute atomic E-state index is 5.73. The van der Waals surface area contributed by atoms with E-state index in [1.54, 1.807) is 18.4 Å². The number of rotatable bonds is 4. The highest BCUT2D eigenvalue weighted by Crippen LogP contribution is 2.56. The lowest BCUT2D eigenvalue weighted by molar-refractivity contribution is 0.415. The van der Waals surface area contributed by atoms with Crippen molar-refractivity contribution in [2.24, 2.45) is 0 Å². The Morgan fingerprint density at radius 2 is 1.84 bits per heavy atom. The van der Waals surface area contributed by atoms with Crippen molar-refractivity contribution in [2.45, 2.75) is 25.2 Å². The summed E-state index contributed by atoms with van der Waals surface area (Å²) in [6, 6.07) is 16.4. The fraction of sp³-hybridized carbons (Fsp3) is 0.227. The van der Waals surface area contributed by atoms with Crippen molar-refractivity contribution < 1.29 is 4.74 Å². The molecule has 0 bridgehead atoms. The van der Waals surface area contributed by atoms with Gasteiger partial charge in [0.1, 0.15) is 10.8 Å². The van der Waals surface area contributed by atoms with Gasteiger partial charge in [-0.1, -0.05) is 24.1 Å². The van der Waals surface area contributed by atoms with Gasteiger partial charge in [-0.25, -0.2) is 4.98 Å². The van der Waals surface area contributed by atoms with Crippen molar-refractivity contribution >= 4 is 11.3 Å². The Morgan fingerprint density at radius 1 is 1.12 bits per heavy atom. The fourth-order valence-corrected chi connectivity index (χ4v) is 4.56. The molecule has 0 saturated heterocycles. The van der Waals surface area contributed by atoms with E-state index in [1.165, 1.54) is 15.4 Å². The van der Waals surface area contributed by atoms with Crippen molar-refractivity contribution in [1.82, 2.24) is 4.98 Å². The molecule has 0 N–H and O–H groups in total. The average molecular weight is 345 g/mol. The first kappa shape index (κ1) is 15.9. The predicted molar refractivity (Wildman–Crippen MR) is 103 cm³/mol. The molecule has 3 heteroatoms. The SMILES string of the molecule is C#Cc1ccccc1C1(c2nc(-c3ccc(OC)cc3)c(C)s2)CC1. The number of aromatic nitrogens is 1. The molecule has 1 saturated carbocycles. The summed E-state index contributed by atoms with van der Waals surface area (Å²) in [4.78, 5) is 6.27. The fourth-order valence-electron chi connectivity index (χ4n) is 3.37. The molecule has 0 aliphatic heterocycles. The third-order valence-electron chi connectivity index (χ3n) is 4.92. The predicted octanol–water partition coefficient (Wildman–Crippen LogP) is 5.19. The first-order valence-electron chi connectivity index (χ1n) is 8.36. The van der Waals surface area contributed by atoms with E-state index in [-0.39, 0.29) is 5.41 Å². The first-order chi connectivity index (χ1) is 12.2. The molecule has 0 amide bonds. The van der Waals surface area contributed by atoms with Gasteiger partial charge in [-0.15, -0.1) is 17.8 Å². The molecule has 4 rings (SSSR count). The quantitative estimate of drug-likeness (QED) is 0.607. The Balaban J connectivity index is 1.76. The van der Waals surface area contributed by atoms with Crippen molar-refractivity contribution in [3.63, 3.8) is 0 Å². The molecule has 1 aliphatic rings. The summed E-state index contributed by atoms with van der Waals surface area (Å²) < 4.78 is 5.25.